The van der Waals surface area contributed by atoms with Crippen LogP contribution in [-0.4, -0.2) is 32.1 Å². The summed E-state index contributed by atoms with van der Waals surface area (Å²) in [5, 5.41) is 4.29. The van der Waals surface area contributed by atoms with E-state index in [4.69, 9.17) is 11.6 Å². The lowest BCUT2D eigenvalue weighted by atomic mass is 9.94. The van der Waals surface area contributed by atoms with E-state index in [-0.39, 0.29) is 0 Å². The van der Waals surface area contributed by atoms with E-state index in [1.165, 1.54) is 11.3 Å². The maximum Gasteiger partial charge on any atom is 0.0410 e. The molecule has 1 atom stereocenters. The highest BCUT2D eigenvalue weighted by atomic mass is 35.5. The van der Waals surface area contributed by atoms with Crippen LogP contribution in [0.4, 0.5) is 5.69 Å². The summed E-state index contributed by atoms with van der Waals surface area (Å²) < 4.78 is 0. The van der Waals surface area contributed by atoms with Gasteiger partial charge in [-0.2, -0.15) is 0 Å². The first kappa shape index (κ1) is 10.8. The molecule has 0 saturated carbocycles. The van der Waals surface area contributed by atoms with Gasteiger partial charge in [-0.3, -0.25) is 0 Å². The van der Waals surface area contributed by atoms with Gasteiger partial charge in [-0.25, -0.2) is 0 Å². The van der Waals surface area contributed by atoms with Crippen LogP contribution in [-0.2, 0) is 6.42 Å². The second-order valence-corrected chi connectivity index (χ2v) is 4.95. The Bertz CT molecular complexity index is 349. The highest BCUT2D eigenvalue weighted by molar-refractivity contribution is 6.30. The summed E-state index contributed by atoms with van der Waals surface area (Å²) in [5.74, 6) is 0.686. The molecule has 1 heterocycles. The van der Waals surface area contributed by atoms with Gasteiger partial charge in [0.15, 0.2) is 0 Å². The zero-order valence-electron chi connectivity index (χ0n) is 9.26. The number of anilines is 1. The van der Waals surface area contributed by atoms with Crippen LogP contribution in [0.25, 0.3) is 0 Å². The average Bonchev–Trinajstić information content (AvgIpc) is 2.16. The normalized spacial score (nSPS) is 19.9. The molecule has 2 rings (SSSR count). The summed E-state index contributed by atoms with van der Waals surface area (Å²) in [6.07, 6.45) is 1.13. The van der Waals surface area contributed by atoms with Crippen molar-refractivity contribution in [2.24, 2.45) is 5.92 Å². The zero-order chi connectivity index (χ0) is 10.8. The summed E-state index contributed by atoms with van der Waals surface area (Å²) in [6, 6.07) is 6.09. The van der Waals surface area contributed by atoms with E-state index in [2.05, 4.69) is 36.4 Å². The Labute approximate surface area is 96.2 Å². The molecule has 0 unspecified atom stereocenters. The van der Waals surface area contributed by atoms with Crippen molar-refractivity contribution in [3.05, 3.63) is 28.8 Å². The third-order valence-electron chi connectivity index (χ3n) is 2.78. The van der Waals surface area contributed by atoms with Gasteiger partial charge in [0.05, 0.1) is 0 Å². The van der Waals surface area contributed by atoms with Gasteiger partial charge in [0.25, 0.3) is 0 Å². The molecule has 1 aliphatic heterocycles. The molecule has 0 bridgehead atoms. The predicted molar refractivity (Wildman–Crippen MR) is 65.7 cm³/mol. The molecule has 2 nitrogen and oxygen atoms in total. The van der Waals surface area contributed by atoms with Gasteiger partial charge < -0.3 is 10.2 Å². The molecule has 1 N–H and O–H groups in total. The van der Waals surface area contributed by atoms with E-state index in [9.17, 15) is 0 Å². The minimum atomic E-state index is 0.686. The Morgan fingerprint density at radius 3 is 3.00 bits per heavy atom. The number of halogens is 1. The van der Waals surface area contributed by atoms with E-state index in [0.29, 0.717) is 5.92 Å². The highest BCUT2D eigenvalue weighted by Crippen LogP contribution is 2.27. The third kappa shape index (κ3) is 2.64. The molecule has 15 heavy (non-hydrogen) atoms. The lowest BCUT2D eigenvalue weighted by Crippen LogP contribution is -2.31. The van der Waals surface area contributed by atoms with Crippen molar-refractivity contribution >= 4 is 17.3 Å². The summed E-state index contributed by atoms with van der Waals surface area (Å²) in [4.78, 5) is 2.24. The lowest BCUT2D eigenvalue weighted by Gasteiger charge is -2.28. The molecule has 3 heteroatoms. The van der Waals surface area contributed by atoms with Crippen molar-refractivity contribution < 1.29 is 0 Å². The fraction of sp³-hybridized carbons (Fsp3) is 0.500. The third-order valence-corrected chi connectivity index (χ3v) is 3.02. The summed E-state index contributed by atoms with van der Waals surface area (Å²) in [5.41, 5.74) is 2.59. The molecule has 0 radical (unpaired) electrons. The smallest absolute Gasteiger partial charge is 0.0410 e. The molecule has 1 aliphatic rings. The van der Waals surface area contributed by atoms with Crippen molar-refractivity contribution in [3.63, 3.8) is 0 Å². The van der Waals surface area contributed by atoms with Crippen LogP contribution in [0.5, 0.6) is 0 Å². The standard InChI is InChI=1S/C12H17ClN2/c1-15(2)8-9-5-10-6-11(13)3-4-12(10)14-7-9/h3-4,6,9,14H,5,7-8H2,1-2H3/t9-/m0/s1. The molecule has 0 amide bonds. The molecule has 0 aliphatic carbocycles. The van der Waals surface area contributed by atoms with Gasteiger partial charge in [0.2, 0.25) is 0 Å². The van der Waals surface area contributed by atoms with Crippen molar-refractivity contribution in [1.29, 1.82) is 0 Å². The highest BCUT2D eigenvalue weighted by Gasteiger charge is 2.18. The Morgan fingerprint density at radius 2 is 2.27 bits per heavy atom. The van der Waals surface area contributed by atoms with E-state index in [1.807, 2.05) is 6.07 Å². The topological polar surface area (TPSA) is 15.3 Å². The second kappa shape index (κ2) is 4.42. The molecule has 0 saturated heterocycles. The molecular weight excluding hydrogens is 208 g/mol. The fourth-order valence-electron chi connectivity index (χ4n) is 2.19. The van der Waals surface area contributed by atoms with Crippen molar-refractivity contribution in [1.82, 2.24) is 4.90 Å². The lowest BCUT2D eigenvalue weighted by molar-refractivity contribution is 0.328. The second-order valence-electron chi connectivity index (χ2n) is 4.51. The van der Waals surface area contributed by atoms with Crippen LogP contribution in [0.1, 0.15) is 5.56 Å². The van der Waals surface area contributed by atoms with Crippen molar-refractivity contribution in [3.8, 4) is 0 Å². The summed E-state index contributed by atoms with van der Waals surface area (Å²) >= 11 is 5.99. The largest absolute Gasteiger partial charge is 0.384 e. The minimum absolute atomic E-state index is 0.686. The Hall–Kier alpha value is -0.730. The molecule has 82 valence electrons. The number of fused-ring (bicyclic) bond motifs is 1. The average molecular weight is 225 g/mol. The number of hydrogen-bond acceptors (Lipinski definition) is 2. The molecule has 0 fully saturated rings. The first-order valence-corrected chi connectivity index (χ1v) is 5.70. The van der Waals surface area contributed by atoms with E-state index >= 15 is 0 Å². The first-order valence-electron chi connectivity index (χ1n) is 5.32. The number of rotatable bonds is 2. The predicted octanol–water partition coefficient (Wildman–Crippen LogP) is 2.49. The van der Waals surface area contributed by atoms with Crippen LogP contribution in [0.3, 0.4) is 0 Å². The van der Waals surface area contributed by atoms with Crippen molar-refractivity contribution in [2.75, 3.05) is 32.5 Å². The molecule has 1 aromatic carbocycles. The van der Waals surface area contributed by atoms with Crippen LogP contribution in [0.15, 0.2) is 18.2 Å². The van der Waals surface area contributed by atoms with Gasteiger partial charge in [0.1, 0.15) is 0 Å². The van der Waals surface area contributed by atoms with Crippen LogP contribution in [0, 0.1) is 5.92 Å². The molecule has 1 aromatic rings. The number of nitrogens with zero attached hydrogens (tertiary/aromatic N) is 1. The molecular formula is C12H17ClN2. The minimum Gasteiger partial charge on any atom is -0.384 e. The summed E-state index contributed by atoms with van der Waals surface area (Å²) in [6.45, 7) is 2.19. The van der Waals surface area contributed by atoms with Gasteiger partial charge in [0, 0.05) is 23.8 Å². The SMILES string of the molecule is CN(C)C[C@@H]1CNc2ccc(Cl)cc2C1. The number of hydrogen-bond donors (Lipinski definition) is 1. The molecule has 0 aromatic heterocycles. The maximum absolute atomic E-state index is 5.99. The molecule has 0 spiro atoms. The quantitative estimate of drug-likeness (QED) is 0.831. The summed E-state index contributed by atoms with van der Waals surface area (Å²) in [7, 11) is 4.24. The monoisotopic (exact) mass is 224 g/mol. The van der Waals surface area contributed by atoms with E-state index < -0.39 is 0 Å². The van der Waals surface area contributed by atoms with Crippen molar-refractivity contribution in [2.45, 2.75) is 6.42 Å². The van der Waals surface area contributed by atoms with Crippen LogP contribution in [0.2, 0.25) is 5.02 Å². The van der Waals surface area contributed by atoms with Gasteiger partial charge in [-0.15, -0.1) is 0 Å². The van der Waals surface area contributed by atoms with Gasteiger partial charge in [-0.1, -0.05) is 11.6 Å². The Balaban J connectivity index is 2.11. The first-order chi connectivity index (χ1) is 7.15. The van der Waals surface area contributed by atoms with Crippen LogP contribution >= 0.6 is 11.6 Å². The Kier molecular flexibility index (Phi) is 3.17. The Morgan fingerprint density at radius 1 is 1.47 bits per heavy atom. The van der Waals surface area contributed by atoms with E-state index in [0.717, 1.165) is 24.5 Å². The van der Waals surface area contributed by atoms with E-state index in [1.54, 1.807) is 0 Å². The fourth-order valence-corrected chi connectivity index (χ4v) is 2.38. The van der Waals surface area contributed by atoms with Crippen LogP contribution < -0.4 is 5.32 Å². The number of nitrogens with one attached hydrogen (secondary N) is 1. The van der Waals surface area contributed by atoms with Gasteiger partial charge >= 0.3 is 0 Å². The van der Waals surface area contributed by atoms with Gasteiger partial charge in [-0.05, 0) is 50.2 Å². The zero-order valence-corrected chi connectivity index (χ0v) is 10.0. The maximum atomic E-state index is 5.99. The number of benzene rings is 1.